The van der Waals surface area contributed by atoms with Crippen LogP contribution in [0, 0.1) is 6.92 Å². The van der Waals surface area contributed by atoms with Crippen LogP contribution in [0.4, 0.5) is 20.4 Å². The van der Waals surface area contributed by atoms with Crippen molar-refractivity contribution in [3.63, 3.8) is 0 Å². The first kappa shape index (κ1) is 22.9. The molecule has 2 aromatic carbocycles. The van der Waals surface area contributed by atoms with E-state index in [1.807, 2.05) is 31.2 Å². The number of anilines is 2. The van der Waals surface area contributed by atoms with Gasteiger partial charge in [0.15, 0.2) is 0 Å². The first-order valence-electron chi connectivity index (χ1n) is 9.77. The topological polar surface area (TPSA) is 84.3 Å². The Bertz CT molecular complexity index is 1460. The van der Waals surface area contributed by atoms with Crippen LogP contribution in [-0.2, 0) is 10.0 Å². The van der Waals surface area contributed by atoms with E-state index < -0.39 is 22.4 Å². The van der Waals surface area contributed by atoms with E-state index in [1.165, 1.54) is 19.2 Å². The fourth-order valence-electron chi connectivity index (χ4n) is 3.32. The molecule has 2 heterocycles. The van der Waals surface area contributed by atoms with Gasteiger partial charge in [0.1, 0.15) is 0 Å². The van der Waals surface area contributed by atoms with Gasteiger partial charge in [0, 0.05) is 12.7 Å². The summed E-state index contributed by atoms with van der Waals surface area (Å²) in [6, 6.07) is 15.1. The zero-order valence-corrected chi connectivity index (χ0v) is 19.5. The van der Waals surface area contributed by atoms with Crippen LogP contribution in [0.15, 0.2) is 54.6 Å². The Morgan fingerprint density at radius 3 is 2.55 bits per heavy atom. The minimum Gasteiger partial charge on any atom is -0.291 e. The maximum absolute atomic E-state index is 12.9. The molecule has 0 radical (unpaired) electrons. The summed E-state index contributed by atoms with van der Waals surface area (Å²) in [6.45, 7) is 1.93. The SMILES string of the molecule is Cc1cccc(-n2c(NC(=O)c3ccc(C(F)F)s3)nc3cc(N(C)S(C)(=O)=O)ccc32)c1. The summed E-state index contributed by atoms with van der Waals surface area (Å²) < 4.78 is 52.6. The molecule has 0 spiro atoms. The molecule has 7 nitrogen and oxygen atoms in total. The second-order valence-corrected chi connectivity index (χ2v) is 10.6. The zero-order valence-electron chi connectivity index (χ0n) is 17.9. The number of imidazole rings is 1. The van der Waals surface area contributed by atoms with Gasteiger partial charge in [-0.3, -0.25) is 19.0 Å². The normalized spacial score (nSPS) is 11.8. The standard InChI is InChI=1S/C22H20F2N4O3S2/c1-13-5-4-6-15(11-13)28-17-8-7-14(27(2)33(3,30)31)12-16(17)25-22(28)26-21(29)19-10-9-18(32-19)20(23)24/h4-12,20H,1-3H3,(H,25,26,29). The van der Waals surface area contributed by atoms with E-state index >= 15 is 0 Å². The molecule has 0 aliphatic rings. The Labute approximate surface area is 193 Å². The maximum atomic E-state index is 12.9. The lowest BCUT2D eigenvalue weighted by molar-refractivity contribution is 0.102. The van der Waals surface area contributed by atoms with Gasteiger partial charge in [-0.1, -0.05) is 12.1 Å². The van der Waals surface area contributed by atoms with Crippen LogP contribution in [0.5, 0.6) is 0 Å². The van der Waals surface area contributed by atoms with Crippen molar-refractivity contribution in [3.8, 4) is 5.69 Å². The minimum atomic E-state index is -3.48. The van der Waals surface area contributed by atoms with Crippen molar-refractivity contribution in [2.75, 3.05) is 22.9 Å². The molecule has 11 heteroatoms. The van der Waals surface area contributed by atoms with Crippen LogP contribution >= 0.6 is 11.3 Å². The third-order valence-corrected chi connectivity index (χ3v) is 7.35. The Morgan fingerprint density at radius 2 is 1.91 bits per heavy atom. The number of nitrogens with one attached hydrogen (secondary N) is 1. The summed E-state index contributed by atoms with van der Waals surface area (Å²) in [4.78, 5) is 17.3. The molecule has 4 rings (SSSR count). The molecule has 0 saturated heterocycles. The predicted molar refractivity (Wildman–Crippen MR) is 126 cm³/mol. The van der Waals surface area contributed by atoms with Crippen LogP contribution < -0.4 is 9.62 Å². The molecule has 1 N–H and O–H groups in total. The number of aryl methyl sites for hydroxylation is 1. The van der Waals surface area contributed by atoms with Crippen molar-refractivity contribution >= 4 is 49.9 Å². The van der Waals surface area contributed by atoms with Gasteiger partial charge in [0.05, 0.1) is 32.7 Å². The highest BCUT2D eigenvalue weighted by atomic mass is 32.2. The number of carbonyl (C=O) groups is 1. The van der Waals surface area contributed by atoms with Crippen molar-refractivity contribution < 1.29 is 22.0 Å². The van der Waals surface area contributed by atoms with E-state index in [2.05, 4.69) is 10.3 Å². The number of aromatic nitrogens is 2. The first-order valence-corrected chi connectivity index (χ1v) is 12.4. The second kappa shape index (κ2) is 8.56. The molecule has 0 aliphatic carbocycles. The van der Waals surface area contributed by atoms with E-state index in [-0.39, 0.29) is 15.7 Å². The molecule has 2 aromatic heterocycles. The van der Waals surface area contributed by atoms with Gasteiger partial charge in [-0.05, 0) is 55.0 Å². The molecule has 0 aliphatic heterocycles. The molecule has 1 amide bonds. The number of thiophene rings is 1. The Morgan fingerprint density at radius 1 is 1.15 bits per heavy atom. The van der Waals surface area contributed by atoms with Gasteiger partial charge in [0.25, 0.3) is 12.3 Å². The Kier molecular flexibility index (Phi) is 5.93. The van der Waals surface area contributed by atoms with Gasteiger partial charge in [-0.2, -0.15) is 0 Å². The van der Waals surface area contributed by atoms with Crippen LogP contribution in [0.2, 0.25) is 0 Å². The maximum Gasteiger partial charge on any atom is 0.272 e. The Hall–Kier alpha value is -3.31. The number of hydrogen-bond acceptors (Lipinski definition) is 5. The number of rotatable bonds is 6. The third-order valence-electron chi connectivity index (χ3n) is 5.05. The monoisotopic (exact) mass is 490 g/mol. The molecule has 4 aromatic rings. The molecule has 172 valence electrons. The van der Waals surface area contributed by atoms with Crippen molar-refractivity contribution in [1.29, 1.82) is 0 Å². The molecule has 0 fully saturated rings. The average molecular weight is 491 g/mol. The number of hydrogen-bond donors (Lipinski definition) is 1. The van der Waals surface area contributed by atoms with E-state index in [9.17, 15) is 22.0 Å². The number of alkyl halides is 2. The summed E-state index contributed by atoms with van der Waals surface area (Å²) in [7, 11) is -2.04. The number of amides is 1. The van der Waals surface area contributed by atoms with Crippen molar-refractivity contribution in [2.24, 2.45) is 0 Å². The van der Waals surface area contributed by atoms with E-state index in [0.717, 1.165) is 21.8 Å². The Balaban J connectivity index is 1.82. The summed E-state index contributed by atoms with van der Waals surface area (Å²) in [5.74, 6) is -0.378. The highest BCUT2D eigenvalue weighted by molar-refractivity contribution is 7.92. The first-order chi connectivity index (χ1) is 15.5. The number of fused-ring (bicyclic) bond motifs is 1. The number of benzene rings is 2. The predicted octanol–water partition coefficient (Wildman–Crippen LogP) is 4.98. The molecule has 0 saturated carbocycles. The van der Waals surface area contributed by atoms with Gasteiger partial charge in [-0.25, -0.2) is 22.2 Å². The number of sulfonamides is 1. The van der Waals surface area contributed by atoms with E-state index in [4.69, 9.17) is 0 Å². The van der Waals surface area contributed by atoms with Gasteiger partial charge in [-0.15, -0.1) is 11.3 Å². The van der Waals surface area contributed by atoms with Gasteiger partial charge in [0.2, 0.25) is 16.0 Å². The number of halogens is 2. The van der Waals surface area contributed by atoms with Crippen LogP contribution in [0.3, 0.4) is 0 Å². The zero-order chi connectivity index (χ0) is 23.9. The van der Waals surface area contributed by atoms with E-state index in [1.54, 1.807) is 22.8 Å². The molecular formula is C22H20F2N4O3S2. The van der Waals surface area contributed by atoms with Crippen LogP contribution in [0.1, 0.15) is 26.5 Å². The average Bonchev–Trinajstić information content (AvgIpc) is 3.37. The largest absolute Gasteiger partial charge is 0.291 e. The lowest BCUT2D eigenvalue weighted by Crippen LogP contribution is -2.24. The second-order valence-electron chi connectivity index (χ2n) is 7.47. The molecule has 0 bridgehead atoms. The minimum absolute atomic E-state index is 0.130. The summed E-state index contributed by atoms with van der Waals surface area (Å²) in [6.07, 6.45) is -1.55. The number of carbonyl (C=O) groups excluding carboxylic acids is 1. The fraction of sp³-hybridized carbons (Fsp3) is 0.182. The van der Waals surface area contributed by atoms with Gasteiger partial charge < -0.3 is 0 Å². The molecular weight excluding hydrogens is 470 g/mol. The molecule has 33 heavy (non-hydrogen) atoms. The lowest BCUT2D eigenvalue weighted by Gasteiger charge is -2.16. The van der Waals surface area contributed by atoms with Crippen molar-refractivity contribution in [1.82, 2.24) is 9.55 Å². The summed E-state index contributed by atoms with van der Waals surface area (Å²) >= 11 is 0.716. The fourth-order valence-corrected chi connectivity index (χ4v) is 4.58. The van der Waals surface area contributed by atoms with Crippen LogP contribution in [0.25, 0.3) is 16.7 Å². The highest BCUT2D eigenvalue weighted by Crippen LogP contribution is 2.31. The third kappa shape index (κ3) is 4.60. The highest BCUT2D eigenvalue weighted by Gasteiger charge is 2.20. The number of nitrogens with zero attached hydrogens (tertiary/aromatic N) is 3. The van der Waals surface area contributed by atoms with E-state index in [0.29, 0.717) is 28.1 Å². The molecule has 0 unspecified atom stereocenters. The van der Waals surface area contributed by atoms with Crippen molar-refractivity contribution in [2.45, 2.75) is 13.3 Å². The van der Waals surface area contributed by atoms with Crippen molar-refractivity contribution in [3.05, 3.63) is 69.9 Å². The summed E-state index contributed by atoms with van der Waals surface area (Å²) in [5, 5.41) is 2.71. The lowest BCUT2D eigenvalue weighted by atomic mass is 10.2. The van der Waals surface area contributed by atoms with Gasteiger partial charge >= 0.3 is 0 Å². The van der Waals surface area contributed by atoms with Crippen LogP contribution in [-0.4, -0.2) is 37.2 Å². The summed E-state index contributed by atoms with van der Waals surface area (Å²) in [5.41, 5.74) is 3.23. The quantitative estimate of drug-likeness (QED) is 0.413. The smallest absolute Gasteiger partial charge is 0.272 e. The molecule has 0 atom stereocenters.